The van der Waals surface area contributed by atoms with Gasteiger partial charge in [0.2, 0.25) is 0 Å². The number of imidazole rings is 1. The molecule has 1 saturated heterocycles. The molecular formula is C31H28ClN3O4. The number of carbonyl (C=O) groups excluding carboxylic acids is 2. The van der Waals surface area contributed by atoms with Gasteiger partial charge in [-0.1, -0.05) is 53.6 Å². The summed E-state index contributed by atoms with van der Waals surface area (Å²) in [5, 5.41) is 11.9. The Kier molecular flexibility index (Phi) is 7.79. The van der Waals surface area contributed by atoms with E-state index in [4.69, 9.17) is 16.3 Å². The molecule has 1 aliphatic heterocycles. The molecule has 39 heavy (non-hydrogen) atoms. The lowest BCUT2D eigenvalue weighted by Crippen LogP contribution is -2.31. The van der Waals surface area contributed by atoms with E-state index >= 15 is 0 Å². The van der Waals surface area contributed by atoms with Crippen molar-refractivity contribution in [2.24, 2.45) is 0 Å². The molecule has 0 saturated carbocycles. The number of aryl methyl sites for hydroxylation is 2. The second kappa shape index (κ2) is 11.6. The first-order chi connectivity index (χ1) is 18.9. The lowest BCUT2D eigenvalue weighted by atomic mass is 9.95. The Bertz CT molecular complexity index is 1500. The summed E-state index contributed by atoms with van der Waals surface area (Å²) in [5.74, 6) is -0.951. The van der Waals surface area contributed by atoms with Gasteiger partial charge >= 0.3 is 0 Å². The number of rotatable bonds is 9. The molecule has 0 unspecified atom stereocenters. The summed E-state index contributed by atoms with van der Waals surface area (Å²) in [5.41, 5.74) is 3.38. The SMILES string of the molecule is Cc1cccc(COc2ccc(C(O)=C3C(=O)C(=O)N(CCCn4ccnc4)[C@@H]3c3ccc(Cl)cc3)cc2)c1. The second-order valence-corrected chi connectivity index (χ2v) is 9.94. The summed E-state index contributed by atoms with van der Waals surface area (Å²) in [6.07, 6.45) is 5.86. The van der Waals surface area contributed by atoms with E-state index in [2.05, 4.69) is 11.1 Å². The Labute approximate surface area is 231 Å². The lowest BCUT2D eigenvalue weighted by Gasteiger charge is -2.25. The Morgan fingerprint density at radius 1 is 1.03 bits per heavy atom. The number of carbonyl (C=O) groups is 2. The van der Waals surface area contributed by atoms with Crippen LogP contribution in [0.5, 0.6) is 5.75 Å². The maximum absolute atomic E-state index is 13.3. The third kappa shape index (κ3) is 5.89. The molecule has 1 amide bonds. The molecule has 0 radical (unpaired) electrons. The van der Waals surface area contributed by atoms with Crippen LogP contribution < -0.4 is 4.74 Å². The van der Waals surface area contributed by atoms with Crippen molar-refractivity contribution in [2.75, 3.05) is 6.54 Å². The molecule has 1 aliphatic rings. The summed E-state index contributed by atoms with van der Waals surface area (Å²) in [6.45, 7) is 3.41. The average Bonchev–Trinajstić information content (AvgIpc) is 3.55. The smallest absolute Gasteiger partial charge is 0.295 e. The summed E-state index contributed by atoms with van der Waals surface area (Å²) in [6, 6.07) is 21.2. The fraction of sp³-hybridized carbons (Fsp3) is 0.194. The minimum atomic E-state index is -0.734. The zero-order valence-electron chi connectivity index (χ0n) is 21.5. The van der Waals surface area contributed by atoms with Gasteiger partial charge in [0.05, 0.1) is 17.9 Å². The molecule has 0 aliphatic carbocycles. The maximum Gasteiger partial charge on any atom is 0.295 e. The highest BCUT2D eigenvalue weighted by atomic mass is 35.5. The standard InChI is InChI=1S/C31H28ClN3O4/c1-21-4-2-5-22(18-21)19-39-26-12-8-24(9-13-26)29(36)27-28(23-6-10-25(32)11-7-23)35(31(38)30(27)37)16-3-15-34-17-14-33-20-34/h2,4-14,17-18,20,28,36H,3,15-16,19H2,1H3/t28-/m1/s1. The molecule has 1 atom stereocenters. The van der Waals surface area contributed by atoms with Gasteiger partial charge in [-0.3, -0.25) is 9.59 Å². The van der Waals surface area contributed by atoms with Crippen LogP contribution in [0.2, 0.25) is 5.02 Å². The van der Waals surface area contributed by atoms with Gasteiger partial charge in [0.25, 0.3) is 11.7 Å². The number of halogens is 1. The maximum atomic E-state index is 13.3. The predicted octanol–water partition coefficient (Wildman–Crippen LogP) is 5.94. The highest BCUT2D eigenvalue weighted by Gasteiger charge is 2.45. The van der Waals surface area contributed by atoms with Crippen molar-refractivity contribution in [1.82, 2.24) is 14.5 Å². The number of hydrogen-bond donors (Lipinski definition) is 1. The number of ether oxygens (including phenoxy) is 1. The molecular weight excluding hydrogens is 514 g/mol. The van der Waals surface area contributed by atoms with Crippen LogP contribution in [0.4, 0.5) is 0 Å². The van der Waals surface area contributed by atoms with E-state index in [1.807, 2.05) is 35.9 Å². The molecule has 1 fully saturated rings. The molecule has 3 aromatic carbocycles. The first-order valence-corrected chi connectivity index (χ1v) is 13.1. The number of Topliss-reactive ketones (excluding diaryl/α,β-unsaturated/α-hetero) is 1. The number of aromatic nitrogens is 2. The van der Waals surface area contributed by atoms with E-state index in [1.54, 1.807) is 61.1 Å². The fourth-order valence-electron chi connectivity index (χ4n) is 4.78. The van der Waals surface area contributed by atoms with E-state index < -0.39 is 17.7 Å². The van der Waals surface area contributed by atoms with Crippen molar-refractivity contribution in [2.45, 2.75) is 32.5 Å². The van der Waals surface area contributed by atoms with E-state index in [1.165, 1.54) is 4.90 Å². The van der Waals surface area contributed by atoms with Crippen LogP contribution in [0.1, 0.15) is 34.7 Å². The summed E-state index contributed by atoms with van der Waals surface area (Å²) in [7, 11) is 0. The first-order valence-electron chi connectivity index (χ1n) is 12.7. The van der Waals surface area contributed by atoms with Gasteiger partial charge < -0.3 is 19.3 Å². The number of aliphatic hydroxyl groups excluding tert-OH is 1. The van der Waals surface area contributed by atoms with Gasteiger partial charge in [0, 0.05) is 36.1 Å². The van der Waals surface area contributed by atoms with Gasteiger partial charge in [-0.25, -0.2) is 4.98 Å². The molecule has 198 valence electrons. The van der Waals surface area contributed by atoms with Crippen molar-refractivity contribution in [3.63, 3.8) is 0 Å². The molecule has 1 N–H and O–H groups in total. The van der Waals surface area contributed by atoms with Crippen molar-refractivity contribution in [3.8, 4) is 5.75 Å². The third-order valence-electron chi connectivity index (χ3n) is 6.72. The van der Waals surface area contributed by atoms with E-state index in [-0.39, 0.29) is 11.3 Å². The summed E-state index contributed by atoms with van der Waals surface area (Å²) < 4.78 is 7.81. The zero-order valence-corrected chi connectivity index (χ0v) is 22.2. The van der Waals surface area contributed by atoms with E-state index in [0.29, 0.717) is 48.0 Å². The number of amides is 1. The number of nitrogens with zero attached hydrogens (tertiary/aromatic N) is 3. The zero-order chi connectivity index (χ0) is 27.4. The highest BCUT2D eigenvalue weighted by Crippen LogP contribution is 2.40. The molecule has 4 aromatic rings. The second-order valence-electron chi connectivity index (χ2n) is 9.50. The van der Waals surface area contributed by atoms with E-state index in [0.717, 1.165) is 11.1 Å². The number of hydrogen-bond acceptors (Lipinski definition) is 5. The Balaban J connectivity index is 1.41. The number of aliphatic hydroxyl groups is 1. The highest BCUT2D eigenvalue weighted by molar-refractivity contribution is 6.46. The van der Waals surface area contributed by atoms with Gasteiger partial charge in [0.1, 0.15) is 18.1 Å². The van der Waals surface area contributed by atoms with Crippen molar-refractivity contribution in [3.05, 3.63) is 124 Å². The molecule has 0 spiro atoms. The monoisotopic (exact) mass is 541 g/mol. The molecule has 1 aromatic heterocycles. The normalized spacial score (nSPS) is 16.6. The van der Waals surface area contributed by atoms with E-state index in [9.17, 15) is 14.7 Å². The number of ketones is 1. The number of likely N-dealkylation sites (tertiary alicyclic amines) is 1. The van der Waals surface area contributed by atoms with Gasteiger partial charge in [0.15, 0.2) is 0 Å². The molecule has 0 bridgehead atoms. The van der Waals surface area contributed by atoms with Crippen LogP contribution in [0.25, 0.3) is 5.76 Å². The minimum Gasteiger partial charge on any atom is -0.507 e. The van der Waals surface area contributed by atoms with Gasteiger partial charge in [-0.2, -0.15) is 0 Å². The van der Waals surface area contributed by atoms with Crippen molar-refractivity contribution < 1.29 is 19.4 Å². The largest absolute Gasteiger partial charge is 0.507 e. The first kappa shape index (κ1) is 26.3. The minimum absolute atomic E-state index is 0.0541. The lowest BCUT2D eigenvalue weighted by molar-refractivity contribution is -0.139. The average molecular weight is 542 g/mol. The quantitative estimate of drug-likeness (QED) is 0.161. The van der Waals surface area contributed by atoms with Crippen LogP contribution in [0, 0.1) is 6.92 Å². The Morgan fingerprint density at radius 2 is 1.79 bits per heavy atom. The number of benzene rings is 3. The summed E-state index contributed by atoms with van der Waals surface area (Å²) in [4.78, 5) is 32.0. The molecule has 2 heterocycles. The van der Waals surface area contributed by atoms with Crippen LogP contribution in [-0.2, 0) is 22.7 Å². The van der Waals surface area contributed by atoms with Crippen molar-refractivity contribution in [1.29, 1.82) is 0 Å². The molecule has 8 heteroatoms. The third-order valence-corrected chi connectivity index (χ3v) is 6.97. The topological polar surface area (TPSA) is 84.7 Å². The van der Waals surface area contributed by atoms with Gasteiger partial charge in [-0.15, -0.1) is 0 Å². The van der Waals surface area contributed by atoms with Crippen LogP contribution in [0.15, 0.2) is 97.1 Å². The Hall–Kier alpha value is -4.36. The molecule has 5 rings (SSSR count). The van der Waals surface area contributed by atoms with Crippen LogP contribution in [-0.4, -0.2) is 37.8 Å². The van der Waals surface area contributed by atoms with Gasteiger partial charge in [-0.05, 0) is 60.9 Å². The van der Waals surface area contributed by atoms with Crippen molar-refractivity contribution >= 4 is 29.1 Å². The molecule has 7 nitrogen and oxygen atoms in total. The summed E-state index contributed by atoms with van der Waals surface area (Å²) >= 11 is 6.11. The predicted molar refractivity (Wildman–Crippen MR) is 149 cm³/mol. The Morgan fingerprint density at radius 3 is 2.49 bits per heavy atom. The fourth-order valence-corrected chi connectivity index (χ4v) is 4.90. The van der Waals surface area contributed by atoms with Crippen LogP contribution in [0.3, 0.4) is 0 Å². The van der Waals surface area contributed by atoms with Crippen LogP contribution >= 0.6 is 11.6 Å².